The number of amides is 1. The van der Waals surface area contributed by atoms with Crippen molar-refractivity contribution in [3.05, 3.63) is 72.1 Å². The summed E-state index contributed by atoms with van der Waals surface area (Å²) in [5, 5.41) is 3.85. The fraction of sp³-hybridized carbons (Fsp3) is 0.304. The van der Waals surface area contributed by atoms with Gasteiger partial charge in [-0.2, -0.15) is 4.31 Å². The maximum Gasteiger partial charge on any atom is 0.254 e. The van der Waals surface area contributed by atoms with Gasteiger partial charge in [-0.3, -0.25) is 4.79 Å². The van der Waals surface area contributed by atoms with Crippen LogP contribution in [0, 0.1) is 0 Å². The number of nitrogens with zero attached hydrogens (tertiary/aromatic N) is 4. The summed E-state index contributed by atoms with van der Waals surface area (Å²) in [4.78, 5) is 16.9. The highest BCUT2D eigenvalue weighted by atomic mass is 32.2. The van der Waals surface area contributed by atoms with E-state index in [-0.39, 0.29) is 17.3 Å². The number of likely N-dealkylation sites (N-methyl/N-ethyl adjacent to an activating group) is 1. The maximum absolute atomic E-state index is 13.4. The first-order valence-corrected chi connectivity index (χ1v) is 11.8. The first-order valence-electron chi connectivity index (χ1n) is 10.4. The molecule has 3 aromatic rings. The fourth-order valence-corrected chi connectivity index (χ4v) is 5.19. The normalized spacial score (nSPS) is 15.6. The van der Waals surface area contributed by atoms with E-state index in [1.807, 2.05) is 37.4 Å². The number of rotatable bonds is 6. The van der Waals surface area contributed by atoms with Gasteiger partial charge in [0.1, 0.15) is 12.0 Å². The van der Waals surface area contributed by atoms with Gasteiger partial charge in [-0.1, -0.05) is 35.5 Å². The largest absolute Gasteiger partial charge is 0.364 e. The second kappa shape index (κ2) is 9.23. The summed E-state index contributed by atoms with van der Waals surface area (Å²) in [6.45, 7) is 2.44. The molecule has 0 aliphatic carbocycles. The molecule has 0 spiro atoms. The molecule has 168 valence electrons. The molecule has 2 aromatic carbocycles. The van der Waals surface area contributed by atoms with Crippen molar-refractivity contribution < 1.29 is 17.7 Å². The number of hydrogen-bond acceptors (Lipinski definition) is 6. The zero-order valence-electron chi connectivity index (χ0n) is 18.1. The lowest BCUT2D eigenvalue weighted by atomic mass is 10.0. The predicted molar refractivity (Wildman–Crippen MR) is 120 cm³/mol. The van der Waals surface area contributed by atoms with Crippen molar-refractivity contribution in [3.8, 4) is 11.1 Å². The maximum atomic E-state index is 13.4. The van der Waals surface area contributed by atoms with Crippen molar-refractivity contribution in [3.63, 3.8) is 0 Å². The summed E-state index contributed by atoms with van der Waals surface area (Å²) < 4.78 is 33.2. The molecule has 1 aromatic heterocycles. The molecule has 1 aliphatic rings. The van der Waals surface area contributed by atoms with Crippen molar-refractivity contribution in [1.82, 2.24) is 19.3 Å². The van der Waals surface area contributed by atoms with Gasteiger partial charge in [-0.15, -0.1) is 0 Å². The first-order chi connectivity index (χ1) is 15.3. The highest BCUT2D eigenvalue weighted by molar-refractivity contribution is 7.89. The summed E-state index contributed by atoms with van der Waals surface area (Å²) in [5.41, 5.74) is 2.45. The summed E-state index contributed by atoms with van der Waals surface area (Å²) >= 11 is 0. The third-order valence-corrected chi connectivity index (χ3v) is 7.47. The number of benzene rings is 2. The number of piperazine rings is 1. The van der Waals surface area contributed by atoms with Gasteiger partial charge >= 0.3 is 0 Å². The van der Waals surface area contributed by atoms with E-state index in [1.165, 1.54) is 21.5 Å². The molecule has 4 rings (SSSR count). The number of aromatic nitrogens is 1. The molecule has 0 radical (unpaired) electrons. The Bertz CT molecular complexity index is 1170. The van der Waals surface area contributed by atoms with Gasteiger partial charge in [0, 0.05) is 44.9 Å². The first kappa shape index (κ1) is 22.2. The Morgan fingerprint density at radius 2 is 1.75 bits per heavy atom. The van der Waals surface area contributed by atoms with Gasteiger partial charge in [-0.25, -0.2) is 8.42 Å². The van der Waals surface area contributed by atoms with E-state index >= 15 is 0 Å². The number of carbonyl (C=O) groups is 1. The lowest BCUT2D eigenvalue weighted by Crippen LogP contribution is -2.47. The van der Waals surface area contributed by atoms with Crippen LogP contribution in [0.3, 0.4) is 0 Å². The molecule has 0 saturated carbocycles. The Morgan fingerprint density at radius 1 is 1.03 bits per heavy atom. The van der Waals surface area contributed by atoms with Crippen molar-refractivity contribution in [2.45, 2.75) is 11.4 Å². The molecule has 1 aliphatic heterocycles. The van der Waals surface area contributed by atoms with Crippen LogP contribution in [-0.4, -0.2) is 73.9 Å². The topological polar surface area (TPSA) is 87.0 Å². The molecule has 1 saturated heterocycles. The molecule has 8 nitrogen and oxygen atoms in total. The van der Waals surface area contributed by atoms with E-state index in [9.17, 15) is 13.2 Å². The van der Waals surface area contributed by atoms with Gasteiger partial charge in [0.2, 0.25) is 10.0 Å². The van der Waals surface area contributed by atoms with Crippen LogP contribution < -0.4 is 0 Å². The quantitative estimate of drug-likeness (QED) is 0.569. The Morgan fingerprint density at radius 3 is 2.41 bits per heavy atom. The van der Waals surface area contributed by atoms with Crippen LogP contribution in [-0.2, 0) is 16.6 Å². The second-order valence-electron chi connectivity index (χ2n) is 7.97. The molecule has 9 heteroatoms. The minimum Gasteiger partial charge on any atom is -0.364 e. The second-order valence-corrected chi connectivity index (χ2v) is 9.91. The van der Waals surface area contributed by atoms with Crippen molar-refractivity contribution in [2.75, 3.05) is 40.3 Å². The lowest BCUT2D eigenvalue weighted by molar-refractivity contribution is 0.0782. The Hall–Kier alpha value is -3.01. The minimum atomic E-state index is -3.74. The van der Waals surface area contributed by atoms with Crippen LogP contribution in [0.25, 0.3) is 11.1 Å². The van der Waals surface area contributed by atoms with Crippen LogP contribution in [0.2, 0.25) is 0 Å². The van der Waals surface area contributed by atoms with Crippen LogP contribution in [0.4, 0.5) is 0 Å². The molecule has 32 heavy (non-hydrogen) atoms. The van der Waals surface area contributed by atoms with E-state index in [0.29, 0.717) is 43.0 Å². The zero-order valence-corrected chi connectivity index (χ0v) is 19.0. The monoisotopic (exact) mass is 454 g/mol. The van der Waals surface area contributed by atoms with E-state index in [2.05, 4.69) is 10.1 Å². The van der Waals surface area contributed by atoms with E-state index in [1.54, 1.807) is 25.2 Å². The van der Waals surface area contributed by atoms with Crippen LogP contribution in [0.15, 0.2) is 70.3 Å². The molecule has 0 N–H and O–H groups in total. The summed E-state index contributed by atoms with van der Waals surface area (Å²) in [5.74, 6) is -0.291. The van der Waals surface area contributed by atoms with Crippen molar-refractivity contribution >= 4 is 15.9 Å². The predicted octanol–water partition coefficient (Wildman–Crippen LogP) is 2.55. The molecular formula is C23H26N4O4S. The van der Waals surface area contributed by atoms with Gasteiger partial charge < -0.3 is 14.3 Å². The molecule has 1 amide bonds. The average Bonchev–Trinajstić information content (AvgIpc) is 3.32. The average molecular weight is 455 g/mol. The summed E-state index contributed by atoms with van der Waals surface area (Å²) in [7, 11) is -0.112. The number of hydrogen-bond donors (Lipinski definition) is 0. The van der Waals surface area contributed by atoms with Gasteiger partial charge in [0.15, 0.2) is 0 Å². The third kappa shape index (κ3) is 4.74. The van der Waals surface area contributed by atoms with E-state index in [4.69, 9.17) is 4.52 Å². The van der Waals surface area contributed by atoms with E-state index in [0.717, 1.165) is 5.56 Å². The summed E-state index contributed by atoms with van der Waals surface area (Å²) in [6, 6.07) is 16.0. The van der Waals surface area contributed by atoms with Crippen molar-refractivity contribution in [1.29, 1.82) is 0 Å². The SMILES string of the molecule is CN1CCN(S(=O)(=O)c2cc(C(=O)N(C)Cc3ccon3)cc(-c3ccccc3)c2)CC1. The van der Waals surface area contributed by atoms with Gasteiger partial charge in [-0.05, 0) is 36.4 Å². The molecular weight excluding hydrogens is 428 g/mol. The molecule has 2 heterocycles. The highest BCUT2D eigenvalue weighted by Crippen LogP contribution is 2.27. The standard InChI is InChI=1S/C23H26N4O4S/c1-25-9-11-27(12-10-25)32(29,30)22-15-19(18-6-4-3-5-7-18)14-20(16-22)23(28)26(2)17-21-8-13-31-24-21/h3-8,13-16H,9-12,17H2,1-2H3. The Labute approximate surface area is 188 Å². The highest BCUT2D eigenvalue weighted by Gasteiger charge is 2.29. The Kier molecular flexibility index (Phi) is 6.40. The zero-order chi connectivity index (χ0) is 22.7. The van der Waals surface area contributed by atoms with Crippen LogP contribution in [0.1, 0.15) is 16.1 Å². The minimum absolute atomic E-state index is 0.126. The molecule has 1 fully saturated rings. The van der Waals surface area contributed by atoms with Crippen LogP contribution in [0.5, 0.6) is 0 Å². The van der Waals surface area contributed by atoms with Gasteiger partial charge in [0.05, 0.1) is 11.4 Å². The van der Waals surface area contributed by atoms with Crippen LogP contribution >= 0.6 is 0 Å². The third-order valence-electron chi connectivity index (χ3n) is 5.60. The lowest BCUT2D eigenvalue weighted by Gasteiger charge is -2.31. The fourth-order valence-electron chi connectivity index (χ4n) is 3.70. The number of sulfonamides is 1. The summed E-state index contributed by atoms with van der Waals surface area (Å²) in [6.07, 6.45) is 1.45. The molecule has 0 bridgehead atoms. The number of carbonyl (C=O) groups excluding carboxylic acids is 1. The van der Waals surface area contributed by atoms with E-state index < -0.39 is 10.0 Å². The molecule has 0 atom stereocenters. The molecule has 0 unspecified atom stereocenters. The van der Waals surface area contributed by atoms with Crippen molar-refractivity contribution in [2.24, 2.45) is 0 Å². The van der Waals surface area contributed by atoms with Gasteiger partial charge in [0.25, 0.3) is 5.91 Å². The smallest absolute Gasteiger partial charge is 0.254 e. The Balaban J connectivity index is 1.72.